The van der Waals surface area contributed by atoms with Gasteiger partial charge in [0.1, 0.15) is 11.4 Å². The summed E-state index contributed by atoms with van der Waals surface area (Å²) in [5, 5.41) is 0.00375. The molecule has 0 unspecified atom stereocenters. The summed E-state index contributed by atoms with van der Waals surface area (Å²) in [6.07, 6.45) is 1.44. The number of halogens is 1. The minimum absolute atomic E-state index is 0.00365. The third-order valence-electron chi connectivity index (χ3n) is 3.87. The number of urea groups is 1. The third kappa shape index (κ3) is 1.71. The number of anilines is 1. The summed E-state index contributed by atoms with van der Waals surface area (Å²) in [7, 11) is 0. The summed E-state index contributed by atoms with van der Waals surface area (Å²) >= 11 is 5.83. The van der Waals surface area contributed by atoms with E-state index >= 15 is 0 Å². The Bertz CT molecular complexity index is 636. The molecule has 0 bridgehead atoms. The fraction of sp³-hybridized carbons (Fsp3) is 0.615. The summed E-state index contributed by atoms with van der Waals surface area (Å²) in [6, 6.07) is 0.562. The van der Waals surface area contributed by atoms with E-state index in [2.05, 4.69) is 9.97 Å². The Labute approximate surface area is 126 Å². The first kappa shape index (κ1) is 10.3. The monoisotopic (exact) mass is 299 g/mol. The highest BCUT2D eigenvalue weighted by Gasteiger charge is 2.61. The summed E-state index contributed by atoms with van der Waals surface area (Å²) < 4.78 is 28.6. The summed E-state index contributed by atoms with van der Waals surface area (Å²) in [6.45, 7) is 1.71. The van der Waals surface area contributed by atoms with Crippen LogP contribution in [0.3, 0.4) is 0 Å². The molecular formula is C13H17ClN4O2. The van der Waals surface area contributed by atoms with E-state index in [1.54, 1.807) is 6.07 Å². The molecule has 0 aromatic carbocycles. The highest BCUT2D eigenvalue weighted by atomic mass is 35.5. The quantitative estimate of drug-likeness (QED) is 0.781. The number of aromatic nitrogens is 2. The Morgan fingerprint density at radius 3 is 2.85 bits per heavy atom. The van der Waals surface area contributed by atoms with Crippen molar-refractivity contribution in [2.45, 2.75) is 25.4 Å². The highest BCUT2D eigenvalue weighted by Crippen LogP contribution is 2.42. The van der Waals surface area contributed by atoms with E-state index in [4.69, 9.17) is 20.5 Å². The smallest absolute Gasteiger partial charge is 0.326 e. The second kappa shape index (κ2) is 4.56. The van der Waals surface area contributed by atoms with E-state index in [0.717, 1.165) is 4.90 Å². The Balaban J connectivity index is 2.13. The molecule has 3 rings (SSSR count). The van der Waals surface area contributed by atoms with Crippen molar-refractivity contribution in [1.29, 1.82) is 0 Å². The first-order valence-corrected chi connectivity index (χ1v) is 6.76. The van der Waals surface area contributed by atoms with Gasteiger partial charge in [0.15, 0.2) is 0 Å². The molecule has 20 heavy (non-hydrogen) atoms. The molecule has 108 valence electrons. The van der Waals surface area contributed by atoms with Crippen LogP contribution in [0.15, 0.2) is 12.3 Å². The molecule has 2 aliphatic rings. The third-order valence-corrected chi connectivity index (χ3v) is 4.05. The first-order valence-electron chi connectivity index (χ1n) is 7.88. The number of ether oxygens (including phenoxy) is 1. The average Bonchev–Trinajstić information content (AvgIpc) is 2.68. The fourth-order valence-electron chi connectivity index (χ4n) is 3.02. The normalized spacial score (nSPS) is 27.5. The van der Waals surface area contributed by atoms with Crippen molar-refractivity contribution in [3.05, 3.63) is 17.5 Å². The lowest BCUT2D eigenvalue weighted by Gasteiger charge is -2.47. The number of amides is 2. The summed E-state index contributed by atoms with van der Waals surface area (Å²) in [4.78, 5) is 23.2. The van der Waals surface area contributed by atoms with Crippen LogP contribution < -0.4 is 4.90 Å². The molecule has 2 saturated heterocycles. The van der Waals surface area contributed by atoms with Gasteiger partial charge in [0.2, 0.25) is 5.28 Å². The minimum Gasteiger partial charge on any atom is -0.376 e. The second-order valence-corrected chi connectivity index (χ2v) is 5.80. The number of rotatable bonds is 2. The number of carbonyl (C=O) groups excluding carboxylic acids is 1. The van der Waals surface area contributed by atoms with E-state index in [9.17, 15) is 4.79 Å². The Morgan fingerprint density at radius 1 is 1.60 bits per heavy atom. The molecule has 3 heterocycles. The van der Waals surface area contributed by atoms with Gasteiger partial charge in [0.05, 0.1) is 19.3 Å². The van der Waals surface area contributed by atoms with Gasteiger partial charge in [0, 0.05) is 17.3 Å². The van der Waals surface area contributed by atoms with E-state index in [1.165, 1.54) is 11.1 Å². The molecule has 1 spiro atoms. The Hall–Kier alpha value is -1.40. The minimum atomic E-state index is -2.56. The SMILES string of the molecule is [2H]C([2H])([2H])N1C(=O)N(c2ccnc(Cl)n2)[C@@H](C(C)C)C12COC2. The number of carbonyl (C=O) groups is 1. The van der Waals surface area contributed by atoms with E-state index in [1.807, 2.05) is 13.8 Å². The van der Waals surface area contributed by atoms with Crippen LogP contribution in [0.1, 0.15) is 18.0 Å². The molecule has 1 aromatic rings. The maximum absolute atomic E-state index is 12.9. The highest BCUT2D eigenvalue weighted by molar-refractivity contribution is 6.28. The van der Waals surface area contributed by atoms with Crippen LogP contribution in [0, 0.1) is 5.92 Å². The molecule has 7 heteroatoms. The molecule has 1 aromatic heterocycles. The Kier molecular flexibility index (Phi) is 2.36. The molecular weight excluding hydrogens is 280 g/mol. The standard InChI is InChI=1S/C13H17ClN4O2/c1-8(2)10-13(6-20-7-13)17(3)12(19)18(10)9-4-5-15-11(14)16-9/h4-5,8,10H,6-7H2,1-3H3/t10-/m0/s1/i3D3. The molecule has 2 aliphatic heterocycles. The predicted molar refractivity (Wildman–Crippen MR) is 74.9 cm³/mol. The van der Waals surface area contributed by atoms with Crippen LogP contribution in [0.4, 0.5) is 10.6 Å². The molecule has 2 amide bonds. The van der Waals surface area contributed by atoms with Crippen molar-refractivity contribution in [1.82, 2.24) is 14.9 Å². The zero-order valence-corrected chi connectivity index (χ0v) is 12.0. The van der Waals surface area contributed by atoms with E-state index in [0.29, 0.717) is 5.82 Å². The maximum Gasteiger partial charge on any atom is 0.326 e. The van der Waals surface area contributed by atoms with Crippen molar-refractivity contribution >= 4 is 23.4 Å². The maximum atomic E-state index is 12.9. The number of nitrogens with zero attached hydrogens (tertiary/aromatic N) is 4. The van der Waals surface area contributed by atoms with Crippen LogP contribution in [-0.4, -0.2) is 52.7 Å². The molecule has 2 fully saturated rings. The lowest BCUT2D eigenvalue weighted by atomic mass is 9.81. The second-order valence-electron chi connectivity index (χ2n) is 5.46. The first-order chi connectivity index (χ1) is 10.7. The van der Waals surface area contributed by atoms with Gasteiger partial charge in [-0.25, -0.2) is 14.8 Å². The van der Waals surface area contributed by atoms with Gasteiger partial charge in [-0.3, -0.25) is 4.90 Å². The average molecular weight is 300 g/mol. The van der Waals surface area contributed by atoms with E-state index in [-0.39, 0.29) is 30.5 Å². The van der Waals surface area contributed by atoms with Crippen LogP contribution in [0.5, 0.6) is 0 Å². The molecule has 1 atom stereocenters. The summed E-state index contributed by atoms with van der Waals surface area (Å²) in [5.74, 6) is 0.302. The van der Waals surface area contributed by atoms with Gasteiger partial charge in [-0.05, 0) is 23.6 Å². The van der Waals surface area contributed by atoms with Gasteiger partial charge < -0.3 is 9.64 Å². The van der Waals surface area contributed by atoms with Crippen molar-refractivity contribution in [3.63, 3.8) is 0 Å². The number of likely N-dealkylation sites (N-methyl/N-ethyl adjacent to an activating group) is 1. The van der Waals surface area contributed by atoms with Gasteiger partial charge in [-0.1, -0.05) is 13.8 Å². The van der Waals surface area contributed by atoms with Gasteiger partial charge in [-0.15, -0.1) is 0 Å². The molecule has 6 nitrogen and oxygen atoms in total. The lowest BCUT2D eigenvalue weighted by molar-refractivity contribution is -0.119. The zero-order valence-electron chi connectivity index (χ0n) is 14.2. The van der Waals surface area contributed by atoms with Crippen LogP contribution in [0.25, 0.3) is 0 Å². The predicted octanol–water partition coefficient (Wildman–Crippen LogP) is 1.80. The lowest BCUT2D eigenvalue weighted by Crippen LogP contribution is -2.65. The molecule has 0 aliphatic carbocycles. The molecule has 0 N–H and O–H groups in total. The summed E-state index contributed by atoms with van der Waals surface area (Å²) in [5.41, 5.74) is -0.881. The van der Waals surface area contributed by atoms with Crippen molar-refractivity contribution in [3.8, 4) is 0 Å². The molecule has 0 saturated carbocycles. The van der Waals surface area contributed by atoms with E-state index < -0.39 is 18.5 Å². The van der Waals surface area contributed by atoms with Crippen LogP contribution in [-0.2, 0) is 4.74 Å². The topological polar surface area (TPSA) is 58.6 Å². The van der Waals surface area contributed by atoms with Crippen molar-refractivity contribution < 1.29 is 13.6 Å². The van der Waals surface area contributed by atoms with Crippen molar-refractivity contribution in [2.24, 2.45) is 5.92 Å². The van der Waals surface area contributed by atoms with Gasteiger partial charge >= 0.3 is 6.03 Å². The largest absolute Gasteiger partial charge is 0.376 e. The van der Waals surface area contributed by atoms with Gasteiger partial charge in [0.25, 0.3) is 0 Å². The Morgan fingerprint density at radius 2 is 2.35 bits per heavy atom. The van der Waals surface area contributed by atoms with Gasteiger partial charge in [-0.2, -0.15) is 0 Å². The fourth-order valence-corrected chi connectivity index (χ4v) is 3.16. The van der Waals surface area contributed by atoms with Crippen molar-refractivity contribution in [2.75, 3.05) is 25.1 Å². The molecule has 0 radical (unpaired) electrons. The number of hydrogen-bond acceptors (Lipinski definition) is 4. The zero-order chi connectivity index (χ0) is 17.0. The number of hydrogen-bond donors (Lipinski definition) is 0. The van der Waals surface area contributed by atoms with Crippen LogP contribution >= 0.6 is 11.6 Å². The van der Waals surface area contributed by atoms with Crippen LogP contribution in [0.2, 0.25) is 5.28 Å².